The Labute approximate surface area is 182 Å². The number of hydrogen-bond donors (Lipinski definition) is 1. The fraction of sp³-hybridized carbons (Fsp3) is 0.350. The minimum Gasteiger partial charge on any atom is -0.326 e. The molecule has 0 saturated carbocycles. The quantitative estimate of drug-likeness (QED) is 0.634. The average Bonchev–Trinajstić information content (AvgIpc) is 3.14. The first-order chi connectivity index (χ1) is 15.1. The number of fused-ring (bicyclic) bond motifs is 1. The third-order valence-electron chi connectivity index (χ3n) is 5.30. The molecule has 12 heteroatoms. The molecule has 32 heavy (non-hydrogen) atoms. The fourth-order valence-corrected chi connectivity index (χ4v) is 5.35. The molecule has 1 aromatic carbocycles. The van der Waals surface area contributed by atoms with Crippen molar-refractivity contribution in [3.05, 3.63) is 48.4 Å². The predicted octanol–water partition coefficient (Wildman–Crippen LogP) is 3.43. The number of nitrogens with zero attached hydrogens (tertiary/aromatic N) is 4. The van der Waals surface area contributed by atoms with Gasteiger partial charge < -0.3 is 9.88 Å². The molecular formula is C20H20F3N5O3S. The molecule has 1 N–H and O–H groups in total. The van der Waals surface area contributed by atoms with Crippen molar-refractivity contribution in [1.82, 2.24) is 18.8 Å². The number of amides is 1. The number of imidazole rings is 1. The molecule has 1 amide bonds. The minimum atomic E-state index is -4.65. The molecule has 0 unspecified atom stereocenters. The van der Waals surface area contributed by atoms with E-state index in [-0.39, 0.29) is 47.9 Å². The van der Waals surface area contributed by atoms with Gasteiger partial charge >= 0.3 is 6.18 Å². The third-order valence-corrected chi connectivity index (χ3v) is 7.22. The molecule has 1 aliphatic rings. The second-order valence-electron chi connectivity index (χ2n) is 7.49. The molecule has 0 bridgehead atoms. The molecule has 1 fully saturated rings. The molecule has 0 radical (unpaired) electrons. The summed E-state index contributed by atoms with van der Waals surface area (Å²) in [6.07, 6.45) is -2.87. The van der Waals surface area contributed by atoms with Crippen LogP contribution in [0.3, 0.4) is 0 Å². The van der Waals surface area contributed by atoms with Crippen LogP contribution in [0.2, 0.25) is 0 Å². The second-order valence-corrected chi connectivity index (χ2v) is 9.43. The van der Waals surface area contributed by atoms with Crippen molar-refractivity contribution in [3.8, 4) is 0 Å². The van der Waals surface area contributed by atoms with Crippen LogP contribution < -0.4 is 5.32 Å². The van der Waals surface area contributed by atoms with E-state index in [9.17, 15) is 26.4 Å². The highest BCUT2D eigenvalue weighted by atomic mass is 32.2. The first kappa shape index (κ1) is 22.2. The largest absolute Gasteiger partial charge is 0.449 e. The van der Waals surface area contributed by atoms with Crippen LogP contribution in [0.25, 0.3) is 11.2 Å². The first-order valence-electron chi connectivity index (χ1n) is 9.85. The summed E-state index contributed by atoms with van der Waals surface area (Å²) >= 11 is 0. The number of aromatic nitrogens is 3. The summed E-state index contributed by atoms with van der Waals surface area (Å²) in [4.78, 5) is 19.0. The summed E-state index contributed by atoms with van der Waals surface area (Å²) in [6.45, 7) is 1.46. The van der Waals surface area contributed by atoms with Crippen LogP contribution in [0.15, 0.2) is 47.5 Å². The van der Waals surface area contributed by atoms with Crippen molar-refractivity contribution in [2.75, 3.05) is 18.4 Å². The minimum absolute atomic E-state index is 0.0516. The molecule has 2 aromatic heterocycles. The van der Waals surface area contributed by atoms with Crippen LogP contribution in [0, 0.1) is 0 Å². The maximum Gasteiger partial charge on any atom is 0.449 e. The summed E-state index contributed by atoms with van der Waals surface area (Å²) in [7, 11) is -3.82. The van der Waals surface area contributed by atoms with Gasteiger partial charge in [0.15, 0.2) is 5.65 Å². The number of halogens is 3. The van der Waals surface area contributed by atoms with Crippen LogP contribution in [-0.4, -0.2) is 46.3 Å². The van der Waals surface area contributed by atoms with Crippen molar-refractivity contribution in [1.29, 1.82) is 0 Å². The van der Waals surface area contributed by atoms with E-state index in [1.165, 1.54) is 53.8 Å². The number of carbonyl (C=O) groups excluding carboxylic acids is 1. The first-order valence-corrected chi connectivity index (χ1v) is 11.3. The molecule has 3 aromatic rings. The van der Waals surface area contributed by atoms with E-state index < -0.39 is 28.1 Å². The summed E-state index contributed by atoms with van der Waals surface area (Å²) in [6, 6.07) is 8.16. The number of anilines is 1. The van der Waals surface area contributed by atoms with Gasteiger partial charge in [-0.15, -0.1) is 0 Å². The van der Waals surface area contributed by atoms with Crippen molar-refractivity contribution in [2.24, 2.45) is 0 Å². The zero-order chi connectivity index (χ0) is 23.1. The molecular weight excluding hydrogens is 447 g/mol. The van der Waals surface area contributed by atoms with Crippen molar-refractivity contribution >= 4 is 32.8 Å². The van der Waals surface area contributed by atoms with Crippen LogP contribution in [0.4, 0.5) is 18.9 Å². The average molecular weight is 467 g/mol. The van der Waals surface area contributed by atoms with Gasteiger partial charge in [-0.2, -0.15) is 17.5 Å². The fourth-order valence-electron chi connectivity index (χ4n) is 3.88. The summed E-state index contributed by atoms with van der Waals surface area (Å²) < 4.78 is 69.1. The molecule has 4 rings (SSSR count). The number of alkyl halides is 3. The topological polar surface area (TPSA) is 97.2 Å². The van der Waals surface area contributed by atoms with Gasteiger partial charge in [0.25, 0.3) is 0 Å². The second kappa shape index (κ2) is 8.17. The Bertz CT molecular complexity index is 1250. The van der Waals surface area contributed by atoms with Crippen molar-refractivity contribution in [3.63, 3.8) is 0 Å². The van der Waals surface area contributed by atoms with Crippen molar-refractivity contribution < 1.29 is 26.4 Å². The lowest BCUT2D eigenvalue weighted by Crippen LogP contribution is -2.39. The maximum absolute atomic E-state index is 13.6. The van der Waals surface area contributed by atoms with Crippen LogP contribution in [0.1, 0.15) is 31.6 Å². The monoisotopic (exact) mass is 467 g/mol. The van der Waals surface area contributed by atoms with Crippen LogP contribution in [0.5, 0.6) is 0 Å². The Morgan fingerprint density at radius 3 is 2.38 bits per heavy atom. The number of piperidine rings is 1. The van der Waals surface area contributed by atoms with Gasteiger partial charge in [-0.3, -0.25) is 4.79 Å². The predicted molar refractivity (Wildman–Crippen MR) is 110 cm³/mol. The normalized spacial score (nSPS) is 16.4. The van der Waals surface area contributed by atoms with Gasteiger partial charge in [0, 0.05) is 37.9 Å². The number of benzene rings is 1. The number of pyridine rings is 1. The van der Waals surface area contributed by atoms with Gasteiger partial charge in [-0.25, -0.2) is 18.4 Å². The standard InChI is InChI=1S/C20H20F3N5O3S/c1-13(29)25-14-4-6-16(7-5-14)32(30,31)27-11-8-15(9-12-27)28-18-17(3-2-10-24-18)26-19(28)20(21,22)23/h2-7,10,15H,8-9,11-12H2,1H3,(H,25,29). The molecule has 1 saturated heterocycles. The van der Waals surface area contributed by atoms with E-state index in [4.69, 9.17) is 0 Å². The molecule has 1 aliphatic heterocycles. The highest BCUT2D eigenvalue weighted by Gasteiger charge is 2.41. The van der Waals surface area contributed by atoms with Gasteiger partial charge in [0.1, 0.15) is 5.52 Å². The molecule has 170 valence electrons. The number of carbonyl (C=O) groups is 1. The van der Waals surface area contributed by atoms with Gasteiger partial charge in [0.05, 0.1) is 4.90 Å². The van der Waals surface area contributed by atoms with E-state index >= 15 is 0 Å². The van der Waals surface area contributed by atoms with E-state index in [0.717, 1.165) is 4.57 Å². The van der Waals surface area contributed by atoms with Gasteiger partial charge in [-0.05, 0) is 49.2 Å². The zero-order valence-electron chi connectivity index (χ0n) is 17.0. The Morgan fingerprint density at radius 2 is 1.78 bits per heavy atom. The highest BCUT2D eigenvalue weighted by molar-refractivity contribution is 7.89. The number of nitrogens with one attached hydrogen (secondary N) is 1. The molecule has 0 atom stereocenters. The Morgan fingerprint density at radius 1 is 1.12 bits per heavy atom. The lowest BCUT2D eigenvalue weighted by Gasteiger charge is -2.32. The summed E-state index contributed by atoms with van der Waals surface area (Å²) in [5.41, 5.74) is 0.748. The SMILES string of the molecule is CC(=O)Nc1ccc(S(=O)(=O)N2CCC(n3c(C(F)(F)F)nc4cccnc43)CC2)cc1. The van der Waals surface area contributed by atoms with E-state index in [2.05, 4.69) is 15.3 Å². The molecule has 0 spiro atoms. The van der Waals surface area contributed by atoms with Gasteiger partial charge in [0.2, 0.25) is 21.8 Å². The third kappa shape index (κ3) is 4.19. The van der Waals surface area contributed by atoms with E-state index in [1.54, 1.807) is 0 Å². The van der Waals surface area contributed by atoms with E-state index in [1.807, 2.05) is 0 Å². The lowest BCUT2D eigenvalue weighted by molar-refractivity contribution is -0.147. The number of sulfonamides is 1. The van der Waals surface area contributed by atoms with E-state index in [0.29, 0.717) is 5.69 Å². The summed E-state index contributed by atoms with van der Waals surface area (Å²) in [5, 5.41) is 2.56. The Hall–Kier alpha value is -2.99. The lowest BCUT2D eigenvalue weighted by atomic mass is 10.1. The number of rotatable bonds is 4. The Balaban J connectivity index is 1.55. The number of hydrogen-bond acceptors (Lipinski definition) is 5. The smallest absolute Gasteiger partial charge is 0.326 e. The maximum atomic E-state index is 13.6. The molecule has 0 aliphatic carbocycles. The molecule has 3 heterocycles. The Kier molecular flexibility index (Phi) is 5.67. The summed E-state index contributed by atoms with van der Waals surface area (Å²) in [5.74, 6) is -1.30. The molecule has 8 nitrogen and oxygen atoms in total. The zero-order valence-corrected chi connectivity index (χ0v) is 17.8. The van der Waals surface area contributed by atoms with Crippen LogP contribution >= 0.6 is 0 Å². The van der Waals surface area contributed by atoms with Gasteiger partial charge in [-0.1, -0.05) is 0 Å². The highest BCUT2D eigenvalue weighted by Crippen LogP contribution is 2.36. The van der Waals surface area contributed by atoms with Crippen LogP contribution in [-0.2, 0) is 21.0 Å². The van der Waals surface area contributed by atoms with Crippen molar-refractivity contribution in [2.45, 2.75) is 36.9 Å².